The number of ether oxygens (including phenoxy) is 2. The third-order valence-corrected chi connectivity index (χ3v) is 4.32. The standard InChI is InChI=1S/C20H24N2O4/c1-15-2-7-17(8-3-15)22-19(23)14-26-20(24)11-6-16-4-9-18(10-5-16)25-13-12-21/h4-6,9-11,15,17H,2-3,7-8,13-14H2,1H3,(H,22,23)/b11-6+. The van der Waals surface area contributed by atoms with Crippen molar-refractivity contribution in [3.05, 3.63) is 35.9 Å². The van der Waals surface area contributed by atoms with Crippen LogP contribution in [-0.4, -0.2) is 31.1 Å². The molecule has 0 saturated heterocycles. The van der Waals surface area contributed by atoms with E-state index in [9.17, 15) is 9.59 Å². The maximum atomic E-state index is 11.8. The normalized spacial score (nSPS) is 19.5. The Kier molecular flexibility index (Phi) is 7.69. The number of hydrogen-bond acceptors (Lipinski definition) is 5. The van der Waals surface area contributed by atoms with Gasteiger partial charge in [-0.15, -0.1) is 0 Å². The van der Waals surface area contributed by atoms with E-state index in [1.807, 2.05) is 6.07 Å². The molecule has 0 radical (unpaired) electrons. The largest absolute Gasteiger partial charge is 0.479 e. The van der Waals surface area contributed by atoms with Crippen LogP contribution in [0.5, 0.6) is 5.75 Å². The van der Waals surface area contributed by atoms with Crippen molar-refractivity contribution in [3.8, 4) is 11.8 Å². The van der Waals surface area contributed by atoms with Crippen LogP contribution in [0.3, 0.4) is 0 Å². The highest BCUT2D eigenvalue weighted by Crippen LogP contribution is 2.23. The van der Waals surface area contributed by atoms with Gasteiger partial charge < -0.3 is 14.8 Å². The van der Waals surface area contributed by atoms with Gasteiger partial charge in [-0.05, 0) is 55.4 Å². The molecule has 0 atom stereocenters. The first-order chi connectivity index (χ1) is 12.6. The number of nitrogens with zero attached hydrogens (tertiary/aromatic N) is 1. The van der Waals surface area contributed by atoms with E-state index in [1.165, 1.54) is 6.08 Å². The lowest BCUT2D eigenvalue weighted by Crippen LogP contribution is -2.39. The average molecular weight is 356 g/mol. The quantitative estimate of drug-likeness (QED) is 0.599. The van der Waals surface area contributed by atoms with E-state index in [-0.39, 0.29) is 25.2 Å². The summed E-state index contributed by atoms with van der Waals surface area (Å²) in [6.45, 7) is 1.94. The second-order valence-corrected chi connectivity index (χ2v) is 6.48. The van der Waals surface area contributed by atoms with Crippen LogP contribution in [0.2, 0.25) is 0 Å². The van der Waals surface area contributed by atoms with Gasteiger partial charge in [0.1, 0.15) is 11.8 Å². The van der Waals surface area contributed by atoms with E-state index in [0.717, 1.165) is 37.2 Å². The summed E-state index contributed by atoms with van der Waals surface area (Å²) in [7, 11) is 0. The summed E-state index contributed by atoms with van der Waals surface area (Å²) in [6.07, 6.45) is 7.07. The van der Waals surface area contributed by atoms with Crippen molar-refractivity contribution in [2.45, 2.75) is 38.6 Å². The van der Waals surface area contributed by atoms with E-state index in [1.54, 1.807) is 30.3 Å². The molecule has 26 heavy (non-hydrogen) atoms. The summed E-state index contributed by atoms with van der Waals surface area (Å²) in [4.78, 5) is 23.6. The van der Waals surface area contributed by atoms with Gasteiger partial charge >= 0.3 is 5.97 Å². The molecular weight excluding hydrogens is 332 g/mol. The predicted octanol–water partition coefficient (Wildman–Crippen LogP) is 2.84. The molecular formula is C20H24N2O4. The fraction of sp³-hybridized carbons (Fsp3) is 0.450. The maximum absolute atomic E-state index is 11.8. The first-order valence-electron chi connectivity index (χ1n) is 8.81. The number of nitrogens with one attached hydrogen (secondary N) is 1. The summed E-state index contributed by atoms with van der Waals surface area (Å²) >= 11 is 0. The minimum atomic E-state index is -0.567. The fourth-order valence-corrected chi connectivity index (χ4v) is 2.81. The average Bonchev–Trinajstić information content (AvgIpc) is 2.65. The van der Waals surface area contributed by atoms with E-state index in [0.29, 0.717) is 5.75 Å². The highest BCUT2D eigenvalue weighted by molar-refractivity contribution is 5.89. The Morgan fingerprint density at radius 1 is 1.23 bits per heavy atom. The Morgan fingerprint density at radius 2 is 1.92 bits per heavy atom. The zero-order valence-electron chi connectivity index (χ0n) is 14.9. The van der Waals surface area contributed by atoms with E-state index >= 15 is 0 Å². The molecule has 0 spiro atoms. The number of carbonyl (C=O) groups is 2. The number of amides is 1. The second-order valence-electron chi connectivity index (χ2n) is 6.48. The third-order valence-electron chi connectivity index (χ3n) is 4.32. The molecule has 1 aromatic rings. The second kappa shape index (κ2) is 10.2. The third kappa shape index (κ3) is 6.98. The molecule has 1 saturated carbocycles. The van der Waals surface area contributed by atoms with Crippen LogP contribution >= 0.6 is 0 Å². The molecule has 0 aromatic heterocycles. The van der Waals surface area contributed by atoms with Crippen molar-refractivity contribution >= 4 is 18.0 Å². The lowest BCUT2D eigenvalue weighted by Gasteiger charge is -2.26. The van der Waals surface area contributed by atoms with Crippen LogP contribution in [0.4, 0.5) is 0 Å². The summed E-state index contributed by atoms with van der Waals surface area (Å²) in [5.74, 6) is 0.477. The molecule has 1 fully saturated rings. The smallest absolute Gasteiger partial charge is 0.331 e. The molecule has 1 aliphatic carbocycles. The lowest BCUT2D eigenvalue weighted by molar-refractivity contribution is -0.144. The van der Waals surface area contributed by atoms with E-state index in [4.69, 9.17) is 14.7 Å². The van der Waals surface area contributed by atoms with Crippen LogP contribution in [-0.2, 0) is 14.3 Å². The summed E-state index contributed by atoms with van der Waals surface area (Å²) in [5, 5.41) is 11.4. The van der Waals surface area contributed by atoms with Gasteiger partial charge in [0.05, 0.1) is 0 Å². The van der Waals surface area contributed by atoms with Gasteiger partial charge in [0.15, 0.2) is 13.2 Å². The van der Waals surface area contributed by atoms with Crippen molar-refractivity contribution in [1.82, 2.24) is 5.32 Å². The Morgan fingerprint density at radius 3 is 2.58 bits per heavy atom. The molecule has 1 aliphatic rings. The van der Waals surface area contributed by atoms with Gasteiger partial charge in [-0.25, -0.2) is 4.79 Å². The first kappa shape index (κ1) is 19.5. The zero-order valence-corrected chi connectivity index (χ0v) is 14.9. The Bertz CT molecular complexity index is 668. The molecule has 6 heteroatoms. The van der Waals surface area contributed by atoms with E-state index < -0.39 is 5.97 Å². The number of hydrogen-bond donors (Lipinski definition) is 1. The van der Waals surface area contributed by atoms with Gasteiger partial charge in [0, 0.05) is 12.1 Å². The Balaban J connectivity index is 1.70. The van der Waals surface area contributed by atoms with Gasteiger partial charge in [0.2, 0.25) is 0 Å². The topological polar surface area (TPSA) is 88.4 Å². The minimum Gasteiger partial charge on any atom is -0.479 e. The SMILES string of the molecule is CC1CCC(NC(=O)COC(=O)/C=C/c2ccc(OCC#N)cc2)CC1. The molecule has 2 rings (SSSR count). The first-order valence-corrected chi connectivity index (χ1v) is 8.81. The number of rotatable bonds is 7. The Labute approximate surface area is 153 Å². The molecule has 0 aliphatic heterocycles. The molecule has 6 nitrogen and oxygen atoms in total. The number of benzene rings is 1. The minimum absolute atomic E-state index is 0.0105. The van der Waals surface area contributed by atoms with Crippen molar-refractivity contribution in [1.29, 1.82) is 5.26 Å². The fourth-order valence-electron chi connectivity index (χ4n) is 2.81. The summed E-state index contributed by atoms with van der Waals surface area (Å²) in [6, 6.07) is 9.01. The molecule has 0 bridgehead atoms. The number of nitriles is 1. The van der Waals surface area contributed by atoms with Gasteiger partial charge in [0.25, 0.3) is 5.91 Å². The Hall–Kier alpha value is -2.81. The van der Waals surface area contributed by atoms with Crippen LogP contribution in [0.1, 0.15) is 38.2 Å². The van der Waals surface area contributed by atoms with Crippen LogP contribution in [0.25, 0.3) is 6.08 Å². The lowest BCUT2D eigenvalue weighted by atomic mass is 9.87. The molecule has 1 amide bonds. The van der Waals surface area contributed by atoms with Crippen molar-refractivity contribution in [2.75, 3.05) is 13.2 Å². The van der Waals surface area contributed by atoms with Crippen LogP contribution < -0.4 is 10.1 Å². The number of esters is 1. The molecule has 0 heterocycles. The van der Waals surface area contributed by atoms with E-state index in [2.05, 4.69) is 12.2 Å². The zero-order chi connectivity index (χ0) is 18.8. The molecule has 0 unspecified atom stereocenters. The predicted molar refractivity (Wildman–Crippen MR) is 97.1 cm³/mol. The molecule has 1 N–H and O–H groups in total. The van der Waals surface area contributed by atoms with Crippen LogP contribution in [0, 0.1) is 17.2 Å². The number of carbonyl (C=O) groups excluding carboxylic acids is 2. The van der Waals surface area contributed by atoms with Crippen LogP contribution in [0.15, 0.2) is 30.3 Å². The van der Waals surface area contributed by atoms with Gasteiger partial charge in [-0.2, -0.15) is 5.26 Å². The summed E-state index contributed by atoms with van der Waals surface area (Å²) in [5.41, 5.74) is 0.784. The van der Waals surface area contributed by atoms with Crippen molar-refractivity contribution in [3.63, 3.8) is 0 Å². The summed E-state index contributed by atoms with van der Waals surface area (Å²) < 4.78 is 10.1. The van der Waals surface area contributed by atoms with Crippen molar-refractivity contribution in [2.24, 2.45) is 5.92 Å². The maximum Gasteiger partial charge on any atom is 0.331 e. The molecule has 138 valence electrons. The van der Waals surface area contributed by atoms with Gasteiger partial charge in [-0.1, -0.05) is 19.1 Å². The highest BCUT2D eigenvalue weighted by Gasteiger charge is 2.19. The van der Waals surface area contributed by atoms with Crippen molar-refractivity contribution < 1.29 is 19.1 Å². The monoisotopic (exact) mass is 356 g/mol. The highest BCUT2D eigenvalue weighted by atomic mass is 16.5. The molecule has 1 aromatic carbocycles. The van der Waals surface area contributed by atoms with Gasteiger partial charge in [-0.3, -0.25) is 4.79 Å².